The largest absolute Gasteiger partial charge is 0.456 e. The molecule has 0 spiro atoms. The molecule has 0 unspecified atom stereocenters. The molecule has 1 saturated carbocycles. The summed E-state index contributed by atoms with van der Waals surface area (Å²) in [5.74, 6) is -1.31. The molecule has 3 amide bonds. The molecule has 31 heavy (non-hydrogen) atoms. The SMILES string of the molecule is O=C(COC(=O)CCn1cnc2sc3c(c2c1=O)CCCC3)NC(=O)NC1CCCC1. The van der Waals surface area contributed by atoms with Crippen LogP contribution in [0.1, 0.15) is 55.4 Å². The predicted molar refractivity (Wildman–Crippen MR) is 115 cm³/mol. The first-order chi connectivity index (χ1) is 15.0. The third-order valence-electron chi connectivity index (χ3n) is 5.81. The van der Waals surface area contributed by atoms with Crippen LogP contribution in [0.4, 0.5) is 4.79 Å². The van der Waals surface area contributed by atoms with Crippen molar-refractivity contribution in [2.24, 2.45) is 0 Å². The minimum atomic E-state index is -0.686. The molecule has 9 nitrogen and oxygen atoms in total. The van der Waals surface area contributed by atoms with E-state index in [1.165, 1.54) is 15.8 Å². The topological polar surface area (TPSA) is 119 Å². The highest BCUT2D eigenvalue weighted by Gasteiger charge is 2.21. The molecule has 0 aliphatic heterocycles. The molecule has 0 atom stereocenters. The Bertz CT molecular complexity index is 1050. The average Bonchev–Trinajstić information content (AvgIpc) is 3.39. The normalized spacial score (nSPS) is 16.1. The minimum absolute atomic E-state index is 0.0685. The van der Waals surface area contributed by atoms with Crippen LogP contribution in [0.5, 0.6) is 0 Å². The maximum Gasteiger partial charge on any atom is 0.321 e. The van der Waals surface area contributed by atoms with E-state index < -0.39 is 24.5 Å². The molecule has 1 fully saturated rings. The number of carbonyl (C=O) groups excluding carboxylic acids is 3. The van der Waals surface area contributed by atoms with Crippen LogP contribution in [0.15, 0.2) is 11.1 Å². The fourth-order valence-corrected chi connectivity index (χ4v) is 5.44. The number of hydrogen-bond donors (Lipinski definition) is 2. The Balaban J connectivity index is 1.26. The Morgan fingerprint density at radius 1 is 1.16 bits per heavy atom. The molecule has 2 aliphatic rings. The summed E-state index contributed by atoms with van der Waals surface area (Å²) in [4.78, 5) is 54.8. The second kappa shape index (κ2) is 9.59. The highest BCUT2D eigenvalue weighted by molar-refractivity contribution is 7.18. The number of nitrogens with one attached hydrogen (secondary N) is 2. The number of urea groups is 1. The van der Waals surface area contributed by atoms with E-state index in [-0.39, 0.29) is 24.6 Å². The monoisotopic (exact) mass is 446 g/mol. The Labute approximate surface area is 183 Å². The van der Waals surface area contributed by atoms with Crippen LogP contribution >= 0.6 is 11.3 Å². The molecule has 2 heterocycles. The molecular formula is C21H26N4O5S. The molecule has 2 aromatic rings. The highest BCUT2D eigenvalue weighted by atomic mass is 32.1. The first-order valence-electron chi connectivity index (χ1n) is 10.8. The number of rotatable bonds is 6. The number of aromatic nitrogens is 2. The van der Waals surface area contributed by atoms with E-state index in [0.717, 1.165) is 61.8 Å². The van der Waals surface area contributed by atoms with Crippen molar-refractivity contribution in [1.29, 1.82) is 0 Å². The fourth-order valence-electron chi connectivity index (χ4n) is 4.22. The van der Waals surface area contributed by atoms with Crippen molar-refractivity contribution in [3.63, 3.8) is 0 Å². The molecule has 4 rings (SSSR count). The van der Waals surface area contributed by atoms with Gasteiger partial charge in [0.05, 0.1) is 18.1 Å². The molecule has 2 aromatic heterocycles. The number of thiophene rings is 1. The molecule has 2 N–H and O–H groups in total. The van der Waals surface area contributed by atoms with Crippen LogP contribution < -0.4 is 16.2 Å². The van der Waals surface area contributed by atoms with E-state index in [9.17, 15) is 19.2 Å². The van der Waals surface area contributed by atoms with Gasteiger partial charge in [0.15, 0.2) is 6.61 Å². The van der Waals surface area contributed by atoms with E-state index in [2.05, 4.69) is 15.6 Å². The van der Waals surface area contributed by atoms with Crippen molar-refractivity contribution >= 4 is 39.5 Å². The van der Waals surface area contributed by atoms with Crippen LogP contribution in [0.25, 0.3) is 10.2 Å². The van der Waals surface area contributed by atoms with Gasteiger partial charge in [-0.1, -0.05) is 12.8 Å². The van der Waals surface area contributed by atoms with Crippen molar-refractivity contribution in [2.45, 2.75) is 70.4 Å². The van der Waals surface area contributed by atoms with Gasteiger partial charge in [0.25, 0.3) is 11.5 Å². The number of hydrogen-bond acceptors (Lipinski definition) is 7. The molecular weight excluding hydrogens is 420 g/mol. The quantitative estimate of drug-likeness (QED) is 0.656. The van der Waals surface area contributed by atoms with Crippen molar-refractivity contribution in [2.75, 3.05) is 6.61 Å². The van der Waals surface area contributed by atoms with E-state index >= 15 is 0 Å². The second-order valence-electron chi connectivity index (χ2n) is 8.05. The molecule has 0 saturated heterocycles. The molecule has 166 valence electrons. The van der Waals surface area contributed by atoms with Gasteiger partial charge in [-0.3, -0.25) is 24.3 Å². The predicted octanol–water partition coefficient (Wildman–Crippen LogP) is 2.04. The number of fused-ring (bicyclic) bond motifs is 3. The third kappa shape index (κ3) is 5.12. The smallest absolute Gasteiger partial charge is 0.321 e. The van der Waals surface area contributed by atoms with E-state index in [4.69, 9.17) is 4.74 Å². The summed E-state index contributed by atoms with van der Waals surface area (Å²) in [7, 11) is 0. The Morgan fingerprint density at radius 2 is 1.94 bits per heavy atom. The van der Waals surface area contributed by atoms with Gasteiger partial charge in [0.1, 0.15) is 4.83 Å². The molecule has 0 radical (unpaired) electrons. The van der Waals surface area contributed by atoms with Crippen LogP contribution in [0.2, 0.25) is 0 Å². The second-order valence-corrected chi connectivity index (χ2v) is 9.13. The summed E-state index contributed by atoms with van der Waals surface area (Å²) >= 11 is 1.58. The molecule has 10 heteroatoms. The van der Waals surface area contributed by atoms with Gasteiger partial charge in [-0.25, -0.2) is 9.78 Å². The number of ether oxygens (including phenoxy) is 1. The lowest BCUT2D eigenvalue weighted by molar-refractivity contribution is -0.148. The summed E-state index contributed by atoms with van der Waals surface area (Å²) < 4.78 is 6.35. The minimum Gasteiger partial charge on any atom is -0.456 e. The lowest BCUT2D eigenvalue weighted by Gasteiger charge is -2.12. The summed E-state index contributed by atoms with van der Waals surface area (Å²) in [6.45, 7) is -0.420. The number of esters is 1. The Kier molecular flexibility index (Phi) is 6.64. The van der Waals surface area contributed by atoms with Gasteiger partial charge in [-0.2, -0.15) is 0 Å². The highest BCUT2D eigenvalue weighted by Crippen LogP contribution is 2.33. The van der Waals surface area contributed by atoms with Crippen molar-refractivity contribution < 1.29 is 19.1 Å². The number of aryl methyl sites for hydroxylation is 3. The first kappa shape index (κ1) is 21.5. The van der Waals surface area contributed by atoms with Crippen LogP contribution in [0.3, 0.4) is 0 Å². The van der Waals surface area contributed by atoms with Gasteiger partial charge in [0.2, 0.25) is 0 Å². The molecule has 0 aromatic carbocycles. The Hall–Kier alpha value is -2.75. The number of nitrogens with zero attached hydrogens (tertiary/aromatic N) is 2. The lowest BCUT2D eigenvalue weighted by Crippen LogP contribution is -2.45. The zero-order chi connectivity index (χ0) is 21.8. The van der Waals surface area contributed by atoms with Crippen molar-refractivity contribution in [3.8, 4) is 0 Å². The lowest BCUT2D eigenvalue weighted by atomic mass is 9.97. The standard InChI is InChI=1S/C21H26N4O5S/c26-16(24-21(29)23-13-5-1-2-6-13)11-30-17(27)9-10-25-12-22-19-18(20(25)28)14-7-3-4-8-15(14)31-19/h12-13H,1-11H2,(H2,23,24,26,29). The van der Waals surface area contributed by atoms with Gasteiger partial charge in [0, 0.05) is 17.5 Å². The number of amides is 3. The maximum atomic E-state index is 12.9. The van der Waals surface area contributed by atoms with Crippen molar-refractivity contribution in [1.82, 2.24) is 20.2 Å². The zero-order valence-corrected chi connectivity index (χ0v) is 18.1. The number of carbonyl (C=O) groups is 3. The summed E-state index contributed by atoms with van der Waals surface area (Å²) in [5, 5.41) is 5.56. The maximum absolute atomic E-state index is 12.9. The van der Waals surface area contributed by atoms with Gasteiger partial charge in [-0.15, -0.1) is 11.3 Å². The third-order valence-corrected chi connectivity index (χ3v) is 7.01. The molecule has 2 aliphatic carbocycles. The summed E-state index contributed by atoms with van der Waals surface area (Å²) in [5.41, 5.74) is 0.965. The van der Waals surface area contributed by atoms with E-state index in [1.807, 2.05) is 0 Å². The van der Waals surface area contributed by atoms with E-state index in [1.54, 1.807) is 11.3 Å². The van der Waals surface area contributed by atoms with E-state index in [0.29, 0.717) is 5.39 Å². The van der Waals surface area contributed by atoms with Gasteiger partial charge >= 0.3 is 12.0 Å². The summed E-state index contributed by atoms with van der Waals surface area (Å²) in [6.07, 6.45) is 9.42. The van der Waals surface area contributed by atoms with Crippen LogP contribution in [-0.4, -0.2) is 40.1 Å². The van der Waals surface area contributed by atoms with Gasteiger partial charge < -0.3 is 10.1 Å². The average molecular weight is 447 g/mol. The molecule has 0 bridgehead atoms. The van der Waals surface area contributed by atoms with Crippen molar-refractivity contribution in [3.05, 3.63) is 27.1 Å². The summed E-state index contributed by atoms with van der Waals surface area (Å²) in [6, 6.07) is -0.480. The fraction of sp³-hybridized carbons (Fsp3) is 0.571. The Morgan fingerprint density at radius 3 is 2.74 bits per heavy atom. The van der Waals surface area contributed by atoms with Gasteiger partial charge in [-0.05, 0) is 44.1 Å². The first-order valence-corrected chi connectivity index (χ1v) is 11.6. The van der Waals surface area contributed by atoms with Crippen LogP contribution in [0, 0.1) is 0 Å². The zero-order valence-electron chi connectivity index (χ0n) is 17.3. The number of imide groups is 1. The van der Waals surface area contributed by atoms with Crippen LogP contribution in [-0.2, 0) is 33.7 Å².